The van der Waals surface area contributed by atoms with E-state index in [1.165, 1.54) is 12.5 Å². The molecule has 0 saturated carbocycles. The highest BCUT2D eigenvalue weighted by molar-refractivity contribution is 5.97. The number of carbonyl (C=O) groups is 1. The van der Waals surface area contributed by atoms with Gasteiger partial charge in [0, 0.05) is 11.1 Å². The summed E-state index contributed by atoms with van der Waals surface area (Å²) in [5.74, 6) is 1.24. The molecular formula is C22H26N4O3. The lowest BCUT2D eigenvalue weighted by molar-refractivity contribution is 0.101. The Kier molecular flexibility index (Phi) is 6.94. The minimum absolute atomic E-state index is 0.0545. The number of hydrogen-bond donors (Lipinski definition) is 2. The van der Waals surface area contributed by atoms with Crippen LogP contribution in [0.15, 0.2) is 36.4 Å². The van der Waals surface area contributed by atoms with Crippen molar-refractivity contribution in [3.8, 4) is 22.9 Å². The van der Waals surface area contributed by atoms with E-state index in [-0.39, 0.29) is 11.5 Å². The largest absolute Gasteiger partial charge is 0.507 e. The van der Waals surface area contributed by atoms with E-state index in [9.17, 15) is 9.90 Å². The molecule has 0 aliphatic heterocycles. The second kappa shape index (κ2) is 9.82. The number of aromatic amines is 1. The SMILES string of the molecule is CCCc1c(OCCCCc2ccc(-c3nnn[nH]3)cc2)ccc(C(C)=O)c1O. The van der Waals surface area contributed by atoms with Gasteiger partial charge in [-0.1, -0.05) is 37.6 Å². The first-order valence-electron chi connectivity index (χ1n) is 9.91. The van der Waals surface area contributed by atoms with Crippen molar-refractivity contribution in [2.75, 3.05) is 6.61 Å². The van der Waals surface area contributed by atoms with Crippen LogP contribution in [0.2, 0.25) is 0 Å². The number of unbranched alkanes of at least 4 members (excludes halogenated alkanes) is 1. The van der Waals surface area contributed by atoms with Crippen LogP contribution in [0.5, 0.6) is 11.5 Å². The minimum Gasteiger partial charge on any atom is -0.507 e. The van der Waals surface area contributed by atoms with Crippen molar-refractivity contribution in [3.63, 3.8) is 0 Å². The maximum absolute atomic E-state index is 11.6. The molecule has 2 N–H and O–H groups in total. The molecule has 1 heterocycles. The molecule has 3 rings (SSSR count). The van der Waals surface area contributed by atoms with Crippen LogP contribution in [0.3, 0.4) is 0 Å². The Bertz CT molecular complexity index is 937. The van der Waals surface area contributed by atoms with E-state index >= 15 is 0 Å². The van der Waals surface area contributed by atoms with E-state index < -0.39 is 0 Å². The Morgan fingerprint density at radius 3 is 2.55 bits per heavy atom. The van der Waals surface area contributed by atoms with Gasteiger partial charge in [0.1, 0.15) is 11.5 Å². The third kappa shape index (κ3) is 5.19. The Labute approximate surface area is 170 Å². The summed E-state index contributed by atoms with van der Waals surface area (Å²) in [4.78, 5) is 11.6. The first-order chi connectivity index (χ1) is 14.1. The van der Waals surface area contributed by atoms with Gasteiger partial charge in [-0.3, -0.25) is 4.79 Å². The summed E-state index contributed by atoms with van der Waals surface area (Å²) >= 11 is 0. The van der Waals surface area contributed by atoms with Crippen molar-refractivity contribution in [1.82, 2.24) is 20.6 Å². The van der Waals surface area contributed by atoms with Crippen molar-refractivity contribution >= 4 is 5.78 Å². The zero-order valence-corrected chi connectivity index (χ0v) is 16.8. The maximum atomic E-state index is 11.6. The lowest BCUT2D eigenvalue weighted by Crippen LogP contribution is -2.04. The van der Waals surface area contributed by atoms with Crippen molar-refractivity contribution < 1.29 is 14.6 Å². The van der Waals surface area contributed by atoms with E-state index in [4.69, 9.17) is 4.74 Å². The quantitative estimate of drug-likeness (QED) is 0.396. The topological polar surface area (TPSA) is 101 Å². The number of carbonyl (C=O) groups excluding carboxylic acids is 1. The van der Waals surface area contributed by atoms with Gasteiger partial charge < -0.3 is 9.84 Å². The minimum atomic E-state index is -0.142. The molecule has 2 aromatic carbocycles. The van der Waals surface area contributed by atoms with Gasteiger partial charge in [0.25, 0.3) is 0 Å². The Morgan fingerprint density at radius 1 is 1.10 bits per heavy atom. The number of tetrazole rings is 1. The third-order valence-electron chi connectivity index (χ3n) is 4.81. The van der Waals surface area contributed by atoms with Crippen LogP contribution >= 0.6 is 0 Å². The summed E-state index contributed by atoms with van der Waals surface area (Å²) in [5, 5.41) is 24.2. The predicted molar refractivity (Wildman–Crippen MR) is 110 cm³/mol. The number of aromatic hydroxyl groups is 1. The number of ketones is 1. The van der Waals surface area contributed by atoms with Gasteiger partial charge in [0.05, 0.1) is 12.2 Å². The zero-order valence-electron chi connectivity index (χ0n) is 16.8. The Balaban J connectivity index is 1.50. The second-order valence-electron chi connectivity index (χ2n) is 7.00. The number of ether oxygens (including phenoxy) is 1. The fourth-order valence-electron chi connectivity index (χ4n) is 3.25. The molecule has 0 atom stereocenters. The van der Waals surface area contributed by atoms with Gasteiger partial charge in [-0.15, -0.1) is 5.10 Å². The smallest absolute Gasteiger partial charge is 0.179 e. The summed E-state index contributed by atoms with van der Waals surface area (Å²) in [7, 11) is 0. The van der Waals surface area contributed by atoms with Gasteiger partial charge >= 0.3 is 0 Å². The molecule has 0 fully saturated rings. The molecule has 1 aromatic heterocycles. The number of nitrogens with zero attached hydrogens (tertiary/aromatic N) is 3. The lowest BCUT2D eigenvalue weighted by atomic mass is 10.0. The van der Waals surface area contributed by atoms with E-state index in [2.05, 4.69) is 32.8 Å². The summed E-state index contributed by atoms with van der Waals surface area (Å²) < 4.78 is 5.91. The fourth-order valence-corrected chi connectivity index (χ4v) is 3.25. The molecule has 0 unspecified atom stereocenters. The van der Waals surface area contributed by atoms with Crippen LogP contribution in [0.4, 0.5) is 0 Å². The monoisotopic (exact) mass is 394 g/mol. The summed E-state index contributed by atoms with van der Waals surface area (Å²) in [6.45, 7) is 4.06. The van der Waals surface area contributed by atoms with Crippen molar-refractivity contribution in [2.45, 2.75) is 46.0 Å². The molecule has 0 radical (unpaired) electrons. The lowest BCUT2D eigenvalue weighted by Gasteiger charge is -2.14. The number of rotatable bonds is 10. The number of H-pyrrole nitrogens is 1. The van der Waals surface area contributed by atoms with E-state index in [0.29, 0.717) is 30.2 Å². The Hall–Kier alpha value is -3.22. The van der Waals surface area contributed by atoms with Gasteiger partial charge in [-0.05, 0) is 60.7 Å². The van der Waals surface area contributed by atoms with E-state index in [1.807, 2.05) is 19.1 Å². The van der Waals surface area contributed by atoms with Gasteiger partial charge in [-0.2, -0.15) is 0 Å². The maximum Gasteiger partial charge on any atom is 0.179 e. The van der Waals surface area contributed by atoms with Crippen LogP contribution in [0, 0.1) is 0 Å². The highest BCUT2D eigenvalue weighted by Crippen LogP contribution is 2.33. The molecule has 0 bridgehead atoms. The van der Waals surface area contributed by atoms with Gasteiger partial charge in [0.2, 0.25) is 0 Å². The second-order valence-corrected chi connectivity index (χ2v) is 7.00. The summed E-state index contributed by atoms with van der Waals surface area (Å²) in [5.41, 5.74) is 3.28. The molecule has 29 heavy (non-hydrogen) atoms. The summed E-state index contributed by atoms with van der Waals surface area (Å²) in [6, 6.07) is 11.6. The molecule has 7 nitrogen and oxygen atoms in total. The normalized spacial score (nSPS) is 10.8. The number of Topliss-reactive ketones (excluding diaryl/α,β-unsaturated/α-hetero) is 1. The predicted octanol–water partition coefficient (Wildman–Crippen LogP) is 4.13. The van der Waals surface area contributed by atoms with E-state index in [1.54, 1.807) is 12.1 Å². The average Bonchev–Trinajstić information content (AvgIpc) is 3.25. The molecule has 0 amide bonds. The van der Waals surface area contributed by atoms with Crippen molar-refractivity contribution in [2.24, 2.45) is 0 Å². The first-order valence-corrected chi connectivity index (χ1v) is 9.91. The van der Waals surface area contributed by atoms with Crippen LogP contribution < -0.4 is 4.74 Å². The number of benzene rings is 2. The third-order valence-corrected chi connectivity index (χ3v) is 4.81. The number of phenols is 1. The molecule has 152 valence electrons. The van der Waals surface area contributed by atoms with Crippen LogP contribution in [0.1, 0.15) is 54.6 Å². The van der Waals surface area contributed by atoms with Crippen LogP contribution in [-0.2, 0) is 12.8 Å². The number of aryl methyl sites for hydroxylation is 1. The van der Waals surface area contributed by atoms with Crippen LogP contribution in [-0.4, -0.2) is 38.1 Å². The fraction of sp³-hybridized carbons (Fsp3) is 0.364. The molecular weight excluding hydrogens is 368 g/mol. The zero-order chi connectivity index (χ0) is 20.6. The number of aromatic nitrogens is 4. The van der Waals surface area contributed by atoms with Crippen LogP contribution in [0.25, 0.3) is 11.4 Å². The average molecular weight is 394 g/mol. The number of nitrogens with one attached hydrogen (secondary N) is 1. The highest BCUT2D eigenvalue weighted by atomic mass is 16.5. The molecule has 0 spiro atoms. The Morgan fingerprint density at radius 2 is 1.90 bits per heavy atom. The van der Waals surface area contributed by atoms with Gasteiger partial charge in [0.15, 0.2) is 11.6 Å². The summed E-state index contributed by atoms with van der Waals surface area (Å²) in [6.07, 6.45) is 4.38. The molecule has 0 aliphatic carbocycles. The van der Waals surface area contributed by atoms with Crippen molar-refractivity contribution in [1.29, 1.82) is 0 Å². The molecule has 7 heteroatoms. The molecule has 0 aliphatic rings. The first kappa shape index (κ1) is 20.5. The number of phenolic OH excluding ortho intramolecular Hbond substituents is 1. The van der Waals surface area contributed by atoms with Crippen molar-refractivity contribution in [3.05, 3.63) is 53.1 Å². The highest BCUT2D eigenvalue weighted by Gasteiger charge is 2.15. The standard InChI is InChI=1S/C22H26N4O3/c1-3-6-19-20(13-12-18(15(2)27)21(19)28)29-14-5-4-7-16-8-10-17(11-9-16)22-23-25-26-24-22/h8-13,28H,3-7,14H2,1-2H3,(H,23,24,25,26). The number of hydrogen-bond acceptors (Lipinski definition) is 6. The molecule has 3 aromatic rings. The van der Waals surface area contributed by atoms with Gasteiger partial charge in [-0.25, -0.2) is 5.10 Å². The molecule has 0 saturated heterocycles. The van der Waals surface area contributed by atoms with E-state index in [0.717, 1.165) is 36.8 Å².